The minimum atomic E-state index is -0.904. The Morgan fingerprint density at radius 1 is 1.00 bits per heavy atom. The van der Waals surface area contributed by atoms with Crippen LogP contribution in [-0.2, 0) is 9.59 Å². The van der Waals surface area contributed by atoms with Crippen LogP contribution < -0.4 is 9.64 Å². The molecule has 0 aliphatic carbocycles. The third-order valence-corrected chi connectivity index (χ3v) is 5.36. The number of hydrogen-bond acceptors (Lipinski definition) is 5. The van der Waals surface area contributed by atoms with Gasteiger partial charge in [0, 0.05) is 5.56 Å². The molecule has 1 aliphatic heterocycles. The summed E-state index contributed by atoms with van der Waals surface area (Å²) in [5, 5.41) is 21.6. The van der Waals surface area contributed by atoms with Gasteiger partial charge < -0.3 is 14.9 Å². The molecule has 1 amide bonds. The van der Waals surface area contributed by atoms with Crippen molar-refractivity contribution in [1.29, 1.82) is 0 Å². The van der Waals surface area contributed by atoms with Gasteiger partial charge in [-0.05, 0) is 43.7 Å². The van der Waals surface area contributed by atoms with Crippen LogP contribution in [0.2, 0.25) is 0 Å². The van der Waals surface area contributed by atoms with Crippen LogP contribution in [0.1, 0.15) is 29.7 Å². The molecule has 1 unspecified atom stereocenters. The van der Waals surface area contributed by atoms with Gasteiger partial charge in [-0.25, -0.2) is 0 Å². The van der Waals surface area contributed by atoms with Crippen molar-refractivity contribution in [1.82, 2.24) is 0 Å². The van der Waals surface area contributed by atoms with Gasteiger partial charge in [-0.3, -0.25) is 14.5 Å². The molecule has 6 nitrogen and oxygen atoms in total. The van der Waals surface area contributed by atoms with E-state index in [0.29, 0.717) is 23.5 Å². The Balaban J connectivity index is 1.95. The van der Waals surface area contributed by atoms with Crippen molar-refractivity contribution in [2.75, 3.05) is 11.5 Å². The topological polar surface area (TPSA) is 87.1 Å². The Hall–Kier alpha value is -4.06. The monoisotopic (exact) mass is 429 g/mol. The van der Waals surface area contributed by atoms with Gasteiger partial charge in [0.25, 0.3) is 11.7 Å². The van der Waals surface area contributed by atoms with Gasteiger partial charge in [0.1, 0.15) is 17.3 Å². The fourth-order valence-corrected chi connectivity index (χ4v) is 3.96. The molecule has 1 saturated heterocycles. The number of ketones is 1. The van der Waals surface area contributed by atoms with Crippen LogP contribution >= 0.6 is 0 Å². The highest BCUT2D eigenvalue weighted by atomic mass is 16.5. The number of aliphatic hydroxyl groups excluding tert-OH is 1. The number of phenols is 1. The summed E-state index contributed by atoms with van der Waals surface area (Å²) in [5.74, 6) is -1.53. The van der Waals surface area contributed by atoms with Crippen LogP contribution in [0, 0.1) is 6.92 Å². The summed E-state index contributed by atoms with van der Waals surface area (Å²) in [6, 6.07) is 19.5. The lowest BCUT2D eigenvalue weighted by atomic mass is 9.94. The molecule has 32 heavy (non-hydrogen) atoms. The molecule has 0 saturated carbocycles. The fraction of sp³-hybridized carbons (Fsp3) is 0.154. The van der Waals surface area contributed by atoms with Gasteiger partial charge in [0.2, 0.25) is 0 Å². The van der Waals surface area contributed by atoms with E-state index < -0.39 is 17.7 Å². The van der Waals surface area contributed by atoms with E-state index in [-0.39, 0.29) is 22.8 Å². The summed E-state index contributed by atoms with van der Waals surface area (Å²) in [5.41, 5.74) is 2.10. The standard InChI is InChI=1S/C26H23NO5/c1-3-32-19-11-7-10-18(15-19)24(29)22-23(17-9-6-8-16(2)14-17)27(26(31)25(22)30)20-12-4-5-13-21(20)28/h4-15,23,28-29H,3H2,1-2H3/b24-22-. The molecule has 1 aliphatic rings. The number of benzene rings is 3. The molecule has 1 fully saturated rings. The number of carbonyl (C=O) groups is 2. The second-order valence-electron chi connectivity index (χ2n) is 7.53. The molecule has 3 aromatic carbocycles. The van der Waals surface area contributed by atoms with E-state index in [1.54, 1.807) is 48.5 Å². The number of ether oxygens (including phenoxy) is 1. The molecule has 2 N–H and O–H groups in total. The summed E-state index contributed by atoms with van der Waals surface area (Å²) in [6.45, 7) is 4.20. The molecular weight excluding hydrogens is 406 g/mol. The third kappa shape index (κ3) is 3.71. The minimum Gasteiger partial charge on any atom is -0.507 e. The second-order valence-corrected chi connectivity index (χ2v) is 7.53. The molecular formula is C26H23NO5. The third-order valence-electron chi connectivity index (χ3n) is 5.36. The van der Waals surface area contributed by atoms with E-state index in [9.17, 15) is 19.8 Å². The van der Waals surface area contributed by atoms with Crippen LogP contribution in [0.4, 0.5) is 5.69 Å². The zero-order valence-electron chi connectivity index (χ0n) is 17.8. The van der Waals surface area contributed by atoms with Crippen molar-refractivity contribution in [3.8, 4) is 11.5 Å². The van der Waals surface area contributed by atoms with E-state index in [1.165, 1.54) is 11.0 Å². The number of anilines is 1. The first-order chi connectivity index (χ1) is 15.4. The van der Waals surface area contributed by atoms with E-state index in [1.807, 2.05) is 32.0 Å². The highest BCUT2D eigenvalue weighted by Crippen LogP contribution is 2.44. The summed E-state index contributed by atoms with van der Waals surface area (Å²) in [6.07, 6.45) is 0. The normalized spacial score (nSPS) is 17.6. The lowest BCUT2D eigenvalue weighted by Crippen LogP contribution is -2.29. The molecule has 0 spiro atoms. The maximum atomic E-state index is 13.2. The van der Waals surface area contributed by atoms with Crippen LogP contribution in [0.5, 0.6) is 11.5 Å². The van der Waals surface area contributed by atoms with Crippen LogP contribution in [0.25, 0.3) is 5.76 Å². The molecule has 0 radical (unpaired) electrons. The summed E-state index contributed by atoms with van der Waals surface area (Å²) >= 11 is 0. The van der Waals surface area contributed by atoms with Crippen LogP contribution in [0.15, 0.2) is 78.4 Å². The van der Waals surface area contributed by atoms with Crippen molar-refractivity contribution < 1.29 is 24.5 Å². The van der Waals surface area contributed by atoms with Crippen molar-refractivity contribution in [2.24, 2.45) is 0 Å². The number of carbonyl (C=O) groups excluding carboxylic acids is 2. The quantitative estimate of drug-likeness (QED) is 0.348. The number of amides is 1. The molecule has 4 rings (SSSR count). The minimum absolute atomic E-state index is 0.0440. The van der Waals surface area contributed by atoms with Crippen molar-refractivity contribution in [3.63, 3.8) is 0 Å². The molecule has 1 atom stereocenters. The number of rotatable bonds is 5. The fourth-order valence-electron chi connectivity index (χ4n) is 3.96. The van der Waals surface area contributed by atoms with Gasteiger partial charge in [0.05, 0.1) is 23.9 Å². The van der Waals surface area contributed by atoms with E-state index in [0.717, 1.165) is 5.56 Å². The number of nitrogens with zero attached hydrogens (tertiary/aromatic N) is 1. The molecule has 0 bridgehead atoms. The highest BCUT2D eigenvalue weighted by molar-refractivity contribution is 6.51. The van der Waals surface area contributed by atoms with Gasteiger partial charge in [-0.15, -0.1) is 0 Å². The van der Waals surface area contributed by atoms with Gasteiger partial charge >= 0.3 is 0 Å². The SMILES string of the molecule is CCOc1cccc(/C(O)=C2/C(=O)C(=O)N(c3ccccc3O)C2c2cccc(C)c2)c1. The predicted molar refractivity (Wildman–Crippen MR) is 122 cm³/mol. The van der Waals surface area contributed by atoms with Crippen molar-refractivity contribution >= 4 is 23.1 Å². The summed E-state index contributed by atoms with van der Waals surface area (Å²) < 4.78 is 5.51. The zero-order valence-corrected chi connectivity index (χ0v) is 17.8. The molecule has 162 valence electrons. The Morgan fingerprint density at radius 3 is 2.47 bits per heavy atom. The second kappa shape index (κ2) is 8.59. The maximum Gasteiger partial charge on any atom is 0.300 e. The number of aromatic hydroxyl groups is 1. The van der Waals surface area contributed by atoms with Crippen molar-refractivity contribution in [3.05, 3.63) is 95.1 Å². The Labute approximate surface area is 186 Å². The Kier molecular flexibility index (Phi) is 5.69. The molecule has 0 aromatic heterocycles. The molecule has 6 heteroatoms. The van der Waals surface area contributed by atoms with Gasteiger partial charge in [0.15, 0.2) is 0 Å². The van der Waals surface area contributed by atoms with Crippen LogP contribution in [0.3, 0.4) is 0 Å². The number of phenolic OH excluding ortho intramolecular Hbond substituents is 1. The highest BCUT2D eigenvalue weighted by Gasteiger charge is 2.47. The van der Waals surface area contributed by atoms with Crippen LogP contribution in [-0.4, -0.2) is 28.5 Å². The maximum absolute atomic E-state index is 13.2. The first-order valence-electron chi connectivity index (χ1n) is 10.3. The molecule has 1 heterocycles. The summed E-state index contributed by atoms with van der Waals surface area (Å²) in [4.78, 5) is 27.6. The number of aryl methyl sites for hydroxylation is 1. The molecule has 3 aromatic rings. The van der Waals surface area contributed by atoms with E-state index >= 15 is 0 Å². The number of para-hydroxylation sites is 2. The zero-order chi connectivity index (χ0) is 22.8. The number of hydrogen-bond donors (Lipinski definition) is 2. The number of aliphatic hydroxyl groups is 1. The largest absolute Gasteiger partial charge is 0.507 e. The number of Topliss-reactive ketones (excluding diaryl/α,β-unsaturated/α-hetero) is 1. The predicted octanol–water partition coefficient (Wildman–Crippen LogP) is 4.73. The Morgan fingerprint density at radius 2 is 1.75 bits per heavy atom. The van der Waals surface area contributed by atoms with E-state index in [2.05, 4.69) is 0 Å². The van der Waals surface area contributed by atoms with Crippen molar-refractivity contribution in [2.45, 2.75) is 19.9 Å². The van der Waals surface area contributed by atoms with Gasteiger partial charge in [-0.2, -0.15) is 0 Å². The average Bonchev–Trinajstić information content (AvgIpc) is 3.05. The lowest BCUT2D eigenvalue weighted by Gasteiger charge is -2.26. The first kappa shape index (κ1) is 21.2. The average molecular weight is 429 g/mol. The van der Waals surface area contributed by atoms with Gasteiger partial charge in [-0.1, -0.05) is 54.1 Å². The lowest BCUT2D eigenvalue weighted by molar-refractivity contribution is -0.132. The smallest absolute Gasteiger partial charge is 0.300 e. The summed E-state index contributed by atoms with van der Waals surface area (Å²) in [7, 11) is 0. The first-order valence-corrected chi connectivity index (χ1v) is 10.3. The van der Waals surface area contributed by atoms with E-state index in [4.69, 9.17) is 4.74 Å². The Bertz CT molecular complexity index is 1230.